The van der Waals surface area contributed by atoms with E-state index in [4.69, 9.17) is 5.73 Å². The van der Waals surface area contributed by atoms with Gasteiger partial charge in [0.05, 0.1) is 6.04 Å². The summed E-state index contributed by atoms with van der Waals surface area (Å²) in [6.45, 7) is 7.66. The third-order valence-electron chi connectivity index (χ3n) is 2.34. The summed E-state index contributed by atoms with van der Waals surface area (Å²) >= 11 is 0. The van der Waals surface area contributed by atoms with E-state index < -0.39 is 6.04 Å². The number of halogens is 1. The van der Waals surface area contributed by atoms with Crippen molar-refractivity contribution in [3.63, 3.8) is 0 Å². The zero-order chi connectivity index (χ0) is 10.9. The first-order chi connectivity index (χ1) is 6.43. The Labute approximate surface area is 97.3 Å². The predicted molar refractivity (Wildman–Crippen MR) is 65.9 cm³/mol. The number of aryl methyl sites for hydroxylation is 3. The highest BCUT2D eigenvalue weighted by atomic mass is 35.5. The van der Waals surface area contributed by atoms with Gasteiger partial charge in [-0.3, -0.25) is 4.79 Å². The molecule has 0 heterocycles. The summed E-state index contributed by atoms with van der Waals surface area (Å²) in [7, 11) is 0. The fourth-order valence-corrected chi connectivity index (χ4v) is 1.80. The molecule has 0 saturated heterocycles. The van der Waals surface area contributed by atoms with Gasteiger partial charge in [0.2, 0.25) is 0 Å². The lowest BCUT2D eigenvalue weighted by molar-refractivity contribution is 0.0967. The Morgan fingerprint density at radius 1 is 1.20 bits per heavy atom. The fraction of sp³-hybridized carbons (Fsp3) is 0.417. The second-order valence-corrected chi connectivity index (χ2v) is 3.93. The van der Waals surface area contributed by atoms with Gasteiger partial charge in [0.15, 0.2) is 5.78 Å². The zero-order valence-corrected chi connectivity index (χ0v) is 10.4. The maximum absolute atomic E-state index is 11.8. The van der Waals surface area contributed by atoms with Crippen molar-refractivity contribution < 1.29 is 4.79 Å². The summed E-state index contributed by atoms with van der Waals surface area (Å²) in [6, 6.07) is 3.61. The average Bonchev–Trinajstić information content (AvgIpc) is 2.01. The van der Waals surface area contributed by atoms with Crippen LogP contribution in [0, 0.1) is 20.8 Å². The van der Waals surface area contributed by atoms with Crippen molar-refractivity contribution in [3.8, 4) is 0 Å². The minimum atomic E-state index is -0.421. The number of ketones is 1. The van der Waals surface area contributed by atoms with Crippen LogP contribution in [0.2, 0.25) is 0 Å². The van der Waals surface area contributed by atoms with Crippen LogP contribution >= 0.6 is 12.4 Å². The molecule has 84 valence electrons. The molecule has 0 aliphatic heterocycles. The zero-order valence-electron chi connectivity index (χ0n) is 9.63. The molecule has 15 heavy (non-hydrogen) atoms. The molecule has 0 aliphatic carbocycles. The molecule has 2 nitrogen and oxygen atoms in total. The molecular formula is C12H18ClNO. The van der Waals surface area contributed by atoms with E-state index in [2.05, 4.69) is 0 Å². The van der Waals surface area contributed by atoms with Crippen LogP contribution in [0.5, 0.6) is 0 Å². The minimum Gasteiger partial charge on any atom is -0.321 e. The lowest BCUT2D eigenvalue weighted by Gasteiger charge is -2.12. The van der Waals surface area contributed by atoms with E-state index in [-0.39, 0.29) is 18.2 Å². The second kappa shape index (κ2) is 5.29. The van der Waals surface area contributed by atoms with Crippen LogP contribution in [0.1, 0.15) is 34.0 Å². The molecule has 1 aromatic rings. The van der Waals surface area contributed by atoms with E-state index in [0.29, 0.717) is 0 Å². The van der Waals surface area contributed by atoms with Gasteiger partial charge in [0, 0.05) is 5.56 Å². The Hall–Kier alpha value is -0.860. The maximum Gasteiger partial charge on any atom is 0.179 e. The summed E-state index contributed by atoms with van der Waals surface area (Å²) in [5.41, 5.74) is 9.60. The SMILES string of the molecule is Cc1cc(C)c(C(=O)C(C)N)c(C)c1.Cl. The van der Waals surface area contributed by atoms with Crippen LogP contribution in [0.25, 0.3) is 0 Å². The average molecular weight is 228 g/mol. The molecule has 0 bridgehead atoms. The normalized spacial score (nSPS) is 11.8. The highest BCUT2D eigenvalue weighted by molar-refractivity contribution is 6.02. The smallest absolute Gasteiger partial charge is 0.179 e. The number of carbonyl (C=O) groups is 1. The van der Waals surface area contributed by atoms with Crippen LogP contribution in [0.4, 0.5) is 0 Å². The first-order valence-electron chi connectivity index (χ1n) is 4.81. The first-order valence-corrected chi connectivity index (χ1v) is 4.81. The summed E-state index contributed by atoms with van der Waals surface area (Å²) < 4.78 is 0. The van der Waals surface area contributed by atoms with Crippen LogP contribution in [-0.4, -0.2) is 11.8 Å². The second-order valence-electron chi connectivity index (χ2n) is 3.93. The van der Waals surface area contributed by atoms with E-state index in [1.807, 2.05) is 32.9 Å². The maximum atomic E-state index is 11.8. The summed E-state index contributed by atoms with van der Waals surface area (Å²) in [5, 5.41) is 0. The van der Waals surface area contributed by atoms with E-state index >= 15 is 0 Å². The molecule has 1 aromatic carbocycles. The third-order valence-corrected chi connectivity index (χ3v) is 2.34. The van der Waals surface area contributed by atoms with Gasteiger partial charge >= 0.3 is 0 Å². The molecule has 1 unspecified atom stereocenters. The van der Waals surface area contributed by atoms with Gasteiger partial charge in [-0.05, 0) is 38.8 Å². The standard InChI is InChI=1S/C12H17NO.ClH/c1-7-5-8(2)11(9(3)6-7)12(14)10(4)13;/h5-6,10H,13H2,1-4H3;1H. The number of carbonyl (C=O) groups excluding carboxylic acids is 1. The largest absolute Gasteiger partial charge is 0.321 e. The van der Waals surface area contributed by atoms with E-state index in [1.54, 1.807) is 6.92 Å². The van der Waals surface area contributed by atoms with Crippen molar-refractivity contribution in [2.45, 2.75) is 33.7 Å². The van der Waals surface area contributed by atoms with Crippen molar-refractivity contribution >= 4 is 18.2 Å². The van der Waals surface area contributed by atoms with Gasteiger partial charge in [0.1, 0.15) is 0 Å². The van der Waals surface area contributed by atoms with E-state index in [9.17, 15) is 4.79 Å². The van der Waals surface area contributed by atoms with E-state index in [0.717, 1.165) is 16.7 Å². The lowest BCUT2D eigenvalue weighted by Crippen LogP contribution is -2.28. The Morgan fingerprint density at radius 2 is 1.60 bits per heavy atom. The van der Waals surface area contributed by atoms with Crippen molar-refractivity contribution in [2.24, 2.45) is 5.73 Å². The molecule has 0 aromatic heterocycles. The van der Waals surface area contributed by atoms with Crippen LogP contribution in [0.15, 0.2) is 12.1 Å². The number of benzene rings is 1. The topological polar surface area (TPSA) is 43.1 Å². The summed E-state index contributed by atoms with van der Waals surface area (Å²) in [6.07, 6.45) is 0. The molecule has 0 aliphatic rings. The Kier molecular flexibility index (Phi) is 4.98. The Morgan fingerprint density at radius 3 is 1.93 bits per heavy atom. The van der Waals surface area contributed by atoms with Crippen LogP contribution in [-0.2, 0) is 0 Å². The van der Waals surface area contributed by atoms with Crippen molar-refractivity contribution in [1.29, 1.82) is 0 Å². The predicted octanol–water partition coefficient (Wildman–Crippen LogP) is 2.56. The van der Waals surface area contributed by atoms with Gasteiger partial charge < -0.3 is 5.73 Å². The number of hydrogen-bond donors (Lipinski definition) is 1. The third kappa shape index (κ3) is 3.05. The van der Waals surface area contributed by atoms with Crippen molar-refractivity contribution in [3.05, 3.63) is 34.4 Å². The van der Waals surface area contributed by atoms with Gasteiger partial charge in [-0.15, -0.1) is 12.4 Å². The van der Waals surface area contributed by atoms with Gasteiger partial charge in [-0.2, -0.15) is 0 Å². The van der Waals surface area contributed by atoms with Crippen LogP contribution < -0.4 is 5.73 Å². The highest BCUT2D eigenvalue weighted by Crippen LogP contribution is 2.17. The Balaban J connectivity index is 0.00000196. The number of Topliss-reactive ketones (excluding diaryl/α,β-unsaturated/α-hetero) is 1. The molecular weight excluding hydrogens is 210 g/mol. The number of rotatable bonds is 2. The number of nitrogens with two attached hydrogens (primary N) is 1. The highest BCUT2D eigenvalue weighted by Gasteiger charge is 2.15. The molecule has 0 radical (unpaired) electrons. The number of hydrogen-bond acceptors (Lipinski definition) is 2. The molecule has 0 fully saturated rings. The van der Waals surface area contributed by atoms with Crippen molar-refractivity contribution in [1.82, 2.24) is 0 Å². The molecule has 0 amide bonds. The molecule has 0 saturated carbocycles. The lowest BCUT2D eigenvalue weighted by atomic mass is 9.94. The van der Waals surface area contributed by atoms with Gasteiger partial charge in [0.25, 0.3) is 0 Å². The van der Waals surface area contributed by atoms with E-state index in [1.165, 1.54) is 5.56 Å². The minimum absolute atomic E-state index is 0. The Bertz CT molecular complexity index is 349. The molecule has 3 heteroatoms. The fourth-order valence-electron chi connectivity index (χ4n) is 1.80. The van der Waals surface area contributed by atoms with Crippen LogP contribution in [0.3, 0.4) is 0 Å². The van der Waals surface area contributed by atoms with Crippen molar-refractivity contribution in [2.75, 3.05) is 0 Å². The quantitative estimate of drug-likeness (QED) is 0.790. The van der Waals surface area contributed by atoms with Gasteiger partial charge in [-0.25, -0.2) is 0 Å². The molecule has 2 N–H and O–H groups in total. The summed E-state index contributed by atoms with van der Waals surface area (Å²) in [4.78, 5) is 11.8. The summed E-state index contributed by atoms with van der Waals surface area (Å²) in [5.74, 6) is 0.0278. The molecule has 1 rings (SSSR count). The monoisotopic (exact) mass is 227 g/mol. The van der Waals surface area contributed by atoms with Gasteiger partial charge in [-0.1, -0.05) is 17.7 Å². The first kappa shape index (κ1) is 14.1. The molecule has 0 spiro atoms. The molecule has 1 atom stereocenters.